The molecule has 3 rings (SSSR count). The zero-order chi connectivity index (χ0) is 17.8. The Hall–Kier alpha value is -2.99. The highest BCUT2D eigenvalue weighted by Crippen LogP contribution is 2.24. The molecule has 1 aromatic carbocycles. The Balaban J connectivity index is 1.95. The molecule has 3 aromatic rings. The lowest BCUT2D eigenvalue weighted by atomic mass is 10.2. The minimum absolute atomic E-state index is 0.0410. The van der Waals surface area contributed by atoms with Crippen LogP contribution in [0.4, 0.5) is 0 Å². The van der Waals surface area contributed by atoms with E-state index in [1.54, 1.807) is 35.0 Å². The molecule has 0 fully saturated rings. The molecule has 2 N–H and O–H groups in total. The maximum atomic E-state index is 12.3. The molecule has 0 saturated heterocycles. The summed E-state index contributed by atoms with van der Waals surface area (Å²) in [5, 5.41) is 9.53. The van der Waals surface area contributed by atoms with E-state index in [-0.39, 0.29) is 18.6 Å². The highest BCUT2D eigenvalue weighted by Gasteiger charge is 2.16. The number of carbonyl (C=O) groups is 2. The van der Waals surface area contributed by atoms with Crippen LogP contribution in [-0.2, 0) is 11.2 Å². The first-order valence-corrected chi connectivity index (χ1v) is 7.95. The van der Waals surface area contributed by atoms with Gasteiger partial charge >= 0.3 is 11.9 Å². The second-order valence-corrected chi connectivity index (χ2v) is 5.80. The van der Waals surface area contributed by atoms with E-state index in [0.29, 0.717) is 10.7 Å². The zero-order valence-electron chi connectivity index (χ0n) is 13.1. The van der Waals surface area contributed by atoms with Gasteiger partial charge in [0.1, 0.15) is 0 Å². The number of aromatic nitrogens is 1. The van der Waals surface area contributed by atoms with Gasteiger partial charge in [-0.2, -0.15) is 0 Å². The van der Waals surface area contributed by atoms with Crippen LogP contribution in [0.1, 0.15) is 22.7 Å². The predicted molar refractivity (Wildman–Crippen MR) is 93.2 cm³/mol. The molecule has 0 aliphatic heterocycles. The predicted octanol–water partition coefficient (Wildman–Crippen LogP) is 3.80. The first-order valence-electron chi connectivity index (χ1n) is 7.58. The van der Waals surface area contributed by atoms with Crippen molar-refractivity contribution in [2.24, 2.45) is 0 Å². The van der Waals surface area contributed by atoms with E-state index >= 15 is 0 Å². The highest BCUT2D eigenvalue weighted by atomic mass is 35.5. The fourth-order valence-electron chi connectivity index (χ4n) is 2.45. The summed E-state index contributed by atoms with van der Waals surface area (Å²) >= 11 is 5.93. The van der Waals surface area contributed by atoms with Crippen molar-refractivity contribution in [2.75, 3.05) is 5.43 Å². The summed E-state index contributed by atoms with van der Waals surface area (Å²) in [7, 11) is 0. The largest absolute Gasteiger partial charge is 0.481 e. The minimum Gasteiger partial charge on any atom is -0.481 e. The van der Waals surface area contributed by atoms with E-state index in [4.69, 9.17) is 21.1 Å². The first-order chi connectivity index (χ1) is 12.0. The molecule has 2 aromatic heterocycles. The molecule has 0 saturated carbocycles. The molecule has 0 spiro atoms. The van der Waals surface area contributed by atoms with E-state index in [0.717, 1.165) is 11.3 Å². The van der Waals surface area contributed by atoms with Crippen molar-refractivity contribution < 1.29 is 19.1 Å². The number of aliphatic carboxylic acids is 1. The number of hydrogen-bond acceptors (Lipinski definition) is 3. The minimum atomic E-state index is -0.904. The van der Waals surface area contributed by atoms with Gasteiger partial charge in [0.2, 0.25) is 0 Å². The van der Waals surface area contributed by atoms with Crippen molar-refractivity contribution in [2.45, 2.75) is 12.8 Å². The van der Waals surface area contributed by atoms with Crippen molar-refractivity contribution in [3.63, 3.8) is 0 Å². The monoisotopic (exact) mass is 358 g/mol. The Bertz CT molecular complexity index is 882. The van der Waals surface area contributed by atoms with Crippen LogP contribution in [0.5, 0.6) is 0 Å². The number of rotatable bonds is 6. The topological polar surface area (TPSA) is 84.5 Å². The third-order valence-corrected chi connectivity index (χ3v) is 3.91. The number of halogens is 1. The number of furan rings is 1. The maximum Gasteiger partial charge on any atom is 0.305 e. The molecule has 0 atom stereocenters. The van der Waals surface area contributed by atoms with Crippen LogP contribution >= 0.6 is 11.6 Å². The summed E-state index contributed by atoms with van der Waals surface area (Å²) in [5.41, 5.74) is 4.99. The number of hydrogen-bond donors (Lipinski definition) is 2. The van der Waals surface area contributed by atoms with Gasteiger partial charge in [0.05, 0.1) is 18.4 Å². The van der Waals surface area contributed by atoms with Gasteiger partial charge < -0.3 is 9.52 Å². The number of amides is 1. The summed E-state index contributed by atoms with van der Waals surface area (Å²) in [6.45, 7) is 0. The van der Waals surface area contributed by atoms with Crippen molar-refractivity contribution >= 4 is 23.5 Å². The molecular formula is C18H15ClN2O4. The van der Waals surface area contributed by atoms with E-state index in [2.05, 4.69) is 5.43 Å². The third-order valence-electron chi connectivity index (χ3n) is 3.66. The van der Waals surface area contributed by atoms with Gasteiger partial charge in [0.15, 0.2) is 5.76 Å². The number of nitrogens with zero attached hydrogens (tertiary/aromatic N) is 1. The number of carboxylic acid groups (broad SMARTS) is 1. The summed E-state index contributed by atoms with van der Waals surface area (Å²) in [6, 6.07) is 13.9. The van der Waals surface area contributed by atoms with Crippen molar-refractivity contribution in [1.29, 1.82) is 0 Å². The summed E-state index contributed by atoms with van der Waals surface area (Å²) in [4.78, 5) is 23.2. The van der Waals surface area contributed by atoms with Crippen molar-refractivity contribution in [1.82, 2.24) is 4.68 Å². The van der Waals surface area contributed by atoms with Gasteiger partial charge in [-0.05, 0) is 36.4 Å². The Kier molecular flexibility index (Phi) is 4.90. The van der Waals surface area contributed by atoms with E-state index < -0.39 is 11.9 Å². The Morgan fingerprint density at radius 3 is 2.52 bits per heavy atom. The molecule has 0 radical (unpaired) electrons. The third kappa shape index (κ3) is 3.92. The first kappa shape index (κ1) is 16.9. The lowest BCUT2D eigenvalue weighted by Crippen LogP contribution is -2.25. The van der Waals surface area contributed by atoms with Crippen LogP contribution in [0.3, 0.4) is 0 Å². The van der Waals surface area contributed by atoms with Crippen LogP contribution < -0.4 is 5.43 Å². The number of aryl methyl sites for hydroxylation is 1. The molecule has 0 aliphatic carbocycles. The van der Waals surface area contributed by atoms with E-state index in [1.807, 2.05) is 18.2 Å². The number of carbonyl (C=O) groups excluding carboxylic acids is 1. The summed E-state index contributed by atoms with van der Waals surface area (Å²) < 4.78 is 6.69. The van der Waals surface area contributed by atoms with Crippen LogP contribution in [0.15, 0.2) is 59.2 Å². The molecule has 0 aliphatic rings. The van der Waals surface area contributed by atoms with Crippen LogP contribution in [-0.4, -0.2) is 21.7 Å². The van der Waals surface area contributed by atoms with Crippen molar-refractivity contribution in [3.05, 3.63) is 71.3 Å². The maximum absolute atomic E-state index is 12.3. The highest BCUT2D eigenvalue weighted by molar-refractivity contribution is 6.30. The van der Waals surface area contributed by atoms with Gasteiger partial charge in [0.25, 0.3) is 0 Å². The number of carboxylic acids is 1. The molecule has 0 unspecified atom stereocenters. The smallest absolute Gasteiger partial charge is 0.305 e. The molecule has 25 heavy (non-hydrogen) atoms. The van der Waals surface area contributed by atoms with E-state index in [9.17, 15) is 9.59 Å². The molecule has 128 valence electrons. The zero-order valence-corrected chi connectivity index (χ0v) is 13.9. The van der Waals surface area contributed by atoms with Gasteiger partial charge in [-0.25, -0.2) is 0 Å². The second-order valence-electron chi connectivity index (χ2n) is 5.36. The molecule has 1 amide bonds. The van der Waals surface area contributed by atoms with Crippen molar-refractivity contribution in [3.8, 4) is 11.3 Å². The van der Waals surface area contributed by atoms with Gasteiger partial charge in [0, 0.05) is 22.7 Å². The van der Waals surface area contributed by atoms with Crippen LogP contribution in [0, 0.1) is 0 Å². The standard InChI is InChI=1S/C18H15ClN2O4/c19-13-5-3-12(4-6-13)15-9-7-14(8-10-17(22)23)21(15)20-18(24)16-2-1-11-25-16/h1-7,9,11H,8,10H2,(H,20,24)(H,22,23). The average Bonchev–Trinajstić information content (AvgIpc) is 3.24. The Morgan fingerprint density at radius 2 is 1.88 bits per heavy atom. The molecule has 6 nitrogen and oxygen atoms in total. The van der Waals surface area contributed by atoms with Crippen LogP contribution in [0.25, 0.3) is 11.3 Å². The molecule has 2 heterocycles. The second kappa shape index (κ2) is 7.27. The molecular weight excluding hydrogens is 344 g/mol. The van der Waals surface area contributed by atoms with Crippen LogP contribution in [0.2, 0.25) is 5.02 Å². The number of benzene rings is 1. The van der Waals surface area contributed by atoms with Gasteiger partial charge in [-0.15, -0.1) is 0 Å². The lowest BCUT2D eigenvalue weighted by molar-refractivity contribution is -0.136. The molecule has 7 heteroatoms. The molecule has 0 bridgehead atoms. The SMILES string of the molecule is O=C(O)CCc1ccc(-c2ccc(Cl)cc2)n1NC(=O)c1ccco1. The van der Waals surface area contributed by atoms with E-state index in [1.165, 1.54) is 6.26 Å². The normalized spacial score (nSPS) is 10.6. The van der Waals surface area contributed by atoms with Gasteiger partial charge in [-0.3, -0.25) is 19.7 Å². The number of nitrogens with one attached hydrogen (secondary N) is 1. The fourth-order valence-corrected chi connectivity index (χ4v) is 2.58. The summed E-state index contributed by atoms with van der Waals surface area (Å²) in [5.74, 6) is -1.16. The fraction of sp³-hybridized carbons (Fsp3) is 0.111. The Morgan fingerprint density at radius 1 is 1.12 bits per heavy atom. The summed E-state index contributed by atoms with van der Waals surface area (Å²) in [6.07, 6.45) is 1.65. The quantitative estimate of drug-likeness (QED) is 0.701. The Labute approximate surface area is 148 Å². The lowest BCUT2D eigenvalue weighted by Gasteiger charge is -2.14. The average molecular weight is 359 g/mol. The van der Waals surface area contributed by atoms with Gasteiger partial charge in [-0.1, -0.05) is 23.7 Å².